The first-order valence-corrected chi connectivity index (χ1v) is 5.09. The number of carbonyl (C=O) groups excluding carboxylic acids is 1. The van der Waals surface area contributed by atoms with Crippen LogP contribution in [0.5, 0.6) is 5.75 Å². The van der Waals surface area contributed by atoms with Gasteiger partial charge in [0, 0.05) is 18.0 Å². The molecule has 2 aromatic rings. The van der Waals surface area contributed by atoms with E-state index in [0.29, 0.717) is 12.3 Å². The number of hydrogen-bond acceptors (Lipinski definition) is 3. The van der Waals surface area contributed by atoms with Gasteiger partial charge in [-0.2, -0.15) is 0 Å². The zero-order chi connectivity index (χ0) is 11.7. The molecule has 4 nitrogen and oxygen atoms in total. The lowest BCUT2D eigenvalue weighted by atomic mass is 10.2. The van der Waals surface area contributed by atoms with E-state index >= 15 is 0 Å². The van der Waals surface area contributed by atoms with E-state index in [1.54, 1.807) is 42.8 Å². The van der Waals surface area contributed by atoms with E-state index in [1.807, 2.05) is 0 Å². The average Bonchev–Trinajstić information content (AvgIpc) is 2.56. The summed E-state index contributed by atoms with van der Waals surface area (Å²) in [6.07, 6.45) is 0. The number of esters is 1. The maximum atomic E-state index is 11.6. The lowest BCUT2D eigenvalue weighted by Crippen LogP contribution is -2.09. The second-order valence-corrected chi connectivity index (χ2v) is 3.55. The maximum Gasteiger partial charge on any atom is 0.354 e. The first-order valence-electron chi connectivity index (χ1n) is 5.09. The van der Waals surface area contributed by atoms with E-state index in [4.69, 9.17) is 4.74 Å². The highest BCUT2D eigenvalue weighted by Crippen LogP contribution is 2.23. The molecule has 1 aromatic heterocycles. The van der Waals surface area contributed by atoms with Crippen LogP contribution in [0, 0.1) is 0 Å². The van der Waals surface area contributed by atoms with Gasteiger partial charge in [0.15, 0.2) is 0 Å². The summed E-state index contributed by atoms with van der Waals surface area (Å²) in [5.74, 6) is -0.158. The molecule has 4 heteroatoms. The van der Waals surface area contributed by atoms with E-state index in [1.165, 1.54) is 0 Å². The number of phenolic OH excluding ortho intramolecular Hbond substituents is 1. The third-order valence-electron chi connectivity index (χ3n) is 2.51. The molecule has 1 aromatic carbocycles. The van der Waals surface area contributed by atoms with Crippen molar-refractivity contribution in [2.75, 3.05) is 6.61 Å². The minimum atomic E-state index is -0.347. The Morgan fingerprint density at radius 1 is 1.44 bits per heavy atom. The first-order chi connectivity index (χ1) is 7.63. The topological polar surface area (TPSA) is 51.5 Å². The molecule has 0 unspecified atom stereocenters. The number of benzene rings is 1. The van der Waals surface area contributed by atoms with Crippen LogP contribution in [0.15, 0.2) is 24.3 Å². The molecular formula is C12H13NO3. The van der Waals surface area contributed by atoms with Crippen LogP contribution in [0.3, 0.4) is 0 Å². The summed E-state index contributed by atoms with van der Waals surface area (Å²) in [5.41, 5.74) is 1.38. The Balaban J connectivity index is 2.55. The van der Waals surface area contributed by atoms with Crippen molar-refractivity contribution in [3.05, 3.63) is 30.0 Å². The van der Waals surface area contributed by atoms with Crippen molar-refractivity contribution in [3.8, 4) is 5.75 Å². The molecule has 16 heavy (non-hydrogen) atoms. The third-order valence-corrected chi connectivity index (χ3v) is 2.51. The smallest absolute Gasteiger partial charge is 0.354 e. The van der Waals surface area contributed by atoms with Gasteiger partial charge in [-0.25, -0.2) is 4.79 Å². The molecular weight excluding hydrogens is 206 g/mol. The molecule has 2 rings (SSSR count). The molecule has 0 aliphatic rings. The molecule has 0 aliphatic carbocycles. The number of ether oxygens (including phenoxy) is 1. The second kappa shape index (κ2) is 3.89. The Labute approximate surface area is 93.1 Å². The molecule has 0 fully saturated rings. The largest absolute Gasteiger partial charge is 0.508 e. The average molecular weight is 219 g/mol. The fourth-order valence-corrected chi connectivity index (χ4v) is 1.74. The Bertz CT molecular complexity index is 542. The molecule has 0 atom stereocenters. The van der Waals surface area contributed by atoms with Crippen molar-refractivity contribution in [3.63, 3.8) is 0 Å². The highest BCUT2D eigenvalue weighted by Gasteiger charge is 2.14. The van der Waals surface area contributed by atoms with Gasteiger partial charge >= 0.3 is 5.97 Å². The van der Waals surface area contributed by atoms with E-state index in [9.17, 15) is 9.90 Å². The Morgan fingerprint density at radius 2 is 2.19 bits per heavy atom. The monoisotopic (exact) mass is 219 g/mol. The van der Waals surface area contributed by atoms with Gasteiger partial charge in [-0.3, -0.25) is 0 Å². The highest BCUT2D eigenvalue weighted by atomic mass is 16.5. The molecule has 0 spiro atoms. The first kappa shape index (κ1) is 10.5. The number of hydrogen-bond donors (Lipinski definition) is 1. The fraction of sp³-hybridized carbons (Fsp3) is 0.250. The van der Waals surface area contributed by atoms with Crippen LogP contribution < -0.4 is 0 Å². The number of carbonyl (C=O) groups is 1. The Hall–Kier alpha value is -1.97. The molecule has 1 N–H and O–H groups in total. The molecule has 0 bridgehead atoms. The molecule has 84 valence electrons. The molecule has 0 saturated heterocycles. The van der Waals surface area contributed by atoms with E-state index in [2.05, 4.69) is 0 Å². The van der Waals surface area contributed by atoms with Crippen LogP contribution in [0.4, 0.5) is 0 Å². The minimum Gasteiger partial charge on any atom is -0.508 e. The number of rotatable bonds is 2. The number of fused-ring (bicyclic) bond motifs is 1. The summed E-state index contributed by atoms with van der Waals surface area (Å²) in [5, 5.41) is 10.2. The Morgan fingerprint density at radius 3 is 2.88 bits per heavy atom. The third kappa shape index (κ3) is 1.62. The summed E-state index contributed by atoms with van der Waals surface area (Å²) in [7, 11) is 1.80. The highest BCUT2D eigenvalue weighted by molar-refractivity contribution is 5.95. The van der Waals surface area contributed by atoms with Crippen molar-refractivity contribution in [2.45, 2.75) is 6.92 Å². The van der Waals surface area contributed by atoms with Crippen LogP contribution in [0.1, 0.15) is 17.4 Å². The number of nitrogens with zero attached hydrogens (tertiary/aromatic N) is 1. The zero-order valence-corrected chi connectivity index (χ0v) is 9.23. The van der Waals surface area contributed by atoms with Crippen molar-refractivity contribution >= 4 is 16.9 Å². The lowest BCUT2D eigenvalue weighted by Gasteiger charge is -2.03. The van der Waals surface area contributed by atoms with Crippen molar-refractivity contribution < 1.29 is 14.6 Å². The summed E-state index contributed by atoms with van der Waals surface area (Å²) in [6.45, 7) is 2.12. The lowest BCUT2D eigenvalue weighted by molar-refractivity contribution is 0.0516. The van der Waals surface area contributed by atoms with Gasteiger partial charge in [-0.05, 0) is 31.2 Å². The van der Waals surface area contributed by atoms with Crippen molar-refractivity contribution in [1.29, 1.82) is 0 Å². The van der Waals surface area contributed by atoms with Gasteiger partial charge < -0.3 is 14.4 Å². The minimum absolute atomic E-state index is 0.188. The Kier molecular flexibility index (Phi) is 2.56. The standard InChI is InChI=1S/C12H13NO3/c1-3-16-12(15)11-7-8-6-9(14)4-5-10(8)13(11)2/h4-7,14H,3H2,1-2H3. The fourth-order valence-electron chi connectivity index (χ4n) is 1.74. The van der Waals surface area contributed by atoms with Gasteiger partial charge in [-0.15, -0.1) is 0 Å². The number of aromatic nitrogens is 1. The quantitative estimate of drug-likeness (QED) is 0.786. The zero-order valence-electron chi connectivity index (χ0n) is 9.23. The van der Waals surface area contributed by atoms with Gasteiger partial charge in [0.1, 0.15) is 11.4 Å². The van der Waals surface area contributed by atoms with Gasteiger partial charge in [-0.1, -0.05) is 0 Å². The summed E-state index contributed by atoms with van der Waals surface area (Å²) in [4.78, 5) is 11.6. The van der Waals surface area contributed by atoms with E-state index in [0.717, 1.165) is 10.9 Å². The molecule has 0 radical (unpaired) electrons. The number of phenols is 1. The van der Waals surface area contributed by atoms with E-state index < -0.39 is 0 Å². The van der Waals surface area contributed by atoms with Gasteiger partial charge in [0.05, 0.1) is 6.61 Å². The van der Waals surface area contributed by atoms with Crippen LogP contribution in [0.25, 0.3) is 10.9 Å². The maximum absolute atomic E-state index is 11.6. The van der Waals surface area contributed by atoms with Crippen LogP contribution in [-0.2, 0) is 11.8 Å². The van der Waals surface area contributed by atoms with E-state index in [-0.39, 0.29) is 11.7 Å². The van der Waals surface area contributed by atoms with Crippen LogP contribution >= 0.6 is 0 Å². The molecule has 0 aliphatic heterocycles. The SMILES string of the molecule is CCOC(=O)c1cc2cc(O)ccc2n1C. The van der Waals surface area contributed by atoms with Gasteiger partial charge in [0.25, 0.3) is 0 Å². The second-order valence-electron chi connectivity index (χ2n) is 3.55. The van der Waals surface area contributed by atoms with Crippen LogP contribution in [0.2, 0.25) is 0 Å². The number of aryl methyl sites for hydroxylation is 1. The van der Waals surface area contributed by atoms with Crippen LogP contribution in [-0.4, -0.2) is 22.2 Å². The summed E-state index contributed by atoms with van der Waals surface area (Å²) in [6, 6.07) is 6.70. The molecule has 0 saturated carbocycles. The van der Waals surface area contributed by atoms with Crippen molar-refractivity contribution in [1.82, 2.24) is 4.57 Å². The number of aromatic hydroxyl groups is 1. The molecule has 1 heterocycles. The predicted molar refractivity (Wildman–Crippen MR) is 60.5 cm³/mol. The van der Waals surface area contributed by atoms with Gasteiger partial charge in [0.2, 0.25) is 0 Å². The summed E-state index contributed by atoms with van der Waals surface area (Å²) < 4.78 is 6.70. The molecule has 0 amide bonds. The predicted octanol–water partition coefficient (Wildman–Crippen LogP) is 2.06. The normalized spacial score (nSPS) is 10.6. The van der Waals surface area contributed by atoms with Crippen molar-refractivity contribution in [2.24, 2.45) is 7.05 Å². The summed E-state index contributed by atoms with van der Waals surface area (Å²) >= 11 is 0.